The Morgan fingerprint density at radius 2 is 1.89 bits per heavy atom. The molecule has 0 radical (unpaired) electrons. The van der Waals surface area contributed by atoms with Gasteiger partial charge >= 0.3 is 0 Å². The second kappa shape index (κ2) is 7.09. The van der Waals surface area contributed by atoms with Gasteiger partial charge in [0.15, 0.2) is 0 Å². The molecular weight excluding hydrogens is 230 g/mol. The Morgan fingerprint density at radius 3 is 2.68 bits per heavy atom. The van der Waals surface area contributed by atoms with Gasteiger partial charge in [-0.3, -0.25) is 0 Å². The summed E-state index contributed by atoms with van der Waals surface area (Å²) in [5.41, 5.74) is 4.55. The lowest BCUT2D eigenvalue weighted by Crippen LogP contribution is -2.35. The summed E-state index contributed by atoms with van der Waals surface area (Å²) < 4.78 is 0. The molecule has 1 N–H and O–H groups in total. The van der Waals surface area contributed by atoms with Crippen LogP contribution in [0.2, 0.25) is 0 Å². The lowest BCUT2D eigenvalue weighted by atomic mass is 9.84. The predicted molar refractivity (Wildman–Crippen MR) is 83.8 cm³/mol. The molecule has 1 aromatic carbocycles. The first-order valence-electron chi connectivity index (χ1n) is 8.03. The third-order valence-corrected chi connectivity index (χ3v) is 4.72. The normalized spacial score (nSPS) is 24.2. The molecule has 0 bridgehead atoms. The molecule has 0 heterocycles. The van der Waals surface area contributed by atoms with Gasteiger partial charge in [-0.05, 0) is 62.3 Å². The topological polar surface area (TPSA) is 12.0 Å². The standard InChI is InChI=1S/C18H29N/c1-4-13-19-18-12-7-5-6-10-17(18)16-11-8-9-14(2)15(16)3/h8-9,11,17-19H,4-7,10,12-13H2,1-3H3. The predicted octanol–water partition coefficient (Wildman–Crippen LogP) is 4.72. The van der Waals surface area contributed by atoms with Crippen LogP contribution in [0.25, 0.3) is 0 Å². The molecular formula is C18H29N. The van der Waals surface area contributed by atoms with Crippen molar-refractivity contribution in [2.24, 2.45) is 0 Å². The van der Waals surface area contributed by atoms with E-state index in [9.17, 15) is 0 Å². The van der Waals surface area contributed by atoms with Crippen LogP contribution < -0.4 is 5.32 Å². The fraction of sp³-hybridized carbons (Fsp3) is 0.667. The van der Waals surface area contributed by atoms with Gasteiger partial charge in [0.2, 0.25) is 0 Å². The van der Waals surface area contributed by atoms with Crippen LogP contribution >= 0.6 is 0 Å². The van der Waals surface area contributed by atoms with Crippen molar-refractivity contribution in [2.45, 2.75) is 71.3 Å². The van der Waals surface area contributed by atoms with Crippen molar-refractivity contribution in [3.63, 3.8) is 0 Å². The lowest BCUT2D eigenvalue weighted by molar-refractivity contribution is 0.410. The van der Waals surface area contributed by atoms with Gasteiger partial charge in [0.25, 0.3) is 0 Å². The summed E-state index contributed by atoms with van der Waals surface area (Å²) in [5.74, 6) is 0.717. The highest BCUT2D eigenvalue weighted by Gasteiger charge is 2.25. The van der Waals surface area contributed by atoms with Crippen LogP contribution in [0, 0.1) is 13.8 Å². The number of hydrogen-bond donors (Lipinski definition) is 1. The van der Waals surface area contributed by atoms with Crippen molar-refractivity contribution in [2.75, 3.05) is 6.54 Å². The Hall–Kier alpha value is -0.820. The summed E-state index contributed by atoms with van der Waals surface area (Å²) in [6.07, 6.45) is 8.12. The minimum atomic E-state index is 0.683. The van der Waals surface area contributed by atoms with E-state index in [1.165, 1.54) is 49.7 Å². The van der Waals surface area contributed by atoms with Gasteiger partial charge in [0, 0.05) is 6.04 Å². The number of hydrogen-bond acceptors (Lipinski definition) is 1. The van der Waals surface area contributed by atoms with Crippen molar-refractivity contribution in [3.05, 3.63) is 34.9 Å². The molecule has 106 valence electrons. The highest BCUT2D eigenvalue weighted by Crippen LogP contribution is 2.34. The van der Waals surface area contributed by atoms with Crippen LogP contribution in [0.5, 0.6) is 0 Å². The molecule has 1 aliphatic carbocycles. The first-order valence-corrected chi connectivity index (χ1v) is 8.03. The molecule has 1 nitrogen and oxygen atoms in total. The monoisotopic (exact) mass is 259 g/mol. The summed E-state index contributed by atoms with van der Waals surface area (Å²) in [4.78, 5) is 0. The van der Waals surface area contributed by atoms with E-state index in [0.717, 1.165) is 6.54 Å². The third-order valence-electron chi connectivity index (χ3n) is 4.72. The van der Waals surface area contributed by atoms with Crippen LogP contribution in [0.3, 0.4) is 0 Å². The molecule has 1 fully saturated rings. The summed E-state index contributed by atoms with van der Waals surface area (Å²) in [5, 5.41) is 3.81. The van der Waals surface area contributed by atoms with Crippen molar-refractivity contribution in [3.8, 4) is 0 Å². The zero-order chi connectivity index (χ0) is 13.7. The molecule has 2 rings (SSSR count). The Kier molecular flexibility index (Phi) is 5.45. The van der Waals surface area contributed by atoms with Gasteiger partial charge in [-0.25, -0.2) is 0 Å². The fourth-order valence-electron chi connectivity index (χ4n) is 3.43. The van der Waals surface area contributed by atoms with E-state index in [1.807, 2.05) is 0 Å². The zero-order valence-electron chi connectivity index (χ0n) is 12.8. The van der Waals surface area contributed by atoms with Crippen molar-refractivity contribution < 1.29 is 0 Å². The van der Waals surface area contributed by atoms with Crippen LogP contribution in [0.15, 0.2) is 18.2 Å². The average molecular weight is 259 g/mol. The van der Waals surface area contributed by atoms with Crippen LogP contribution in [-0.4, -0.2) is 12.6 Å². The molecule has 1 heteroatoms. The smallest absolute Gasteiger partial charge is 0.0136 e. The SMILES string of the molecule is CCCNC1CCCCCC1c1cccc(C)c1C. The molecule has 0 aromatic heterocycles. The van der Waals surface area contributed by atoms with Crippen LogP contribution in [0.4, 0.5) is 0 Å². The molecule has 19 heavy (non-hydrogen) atoms. The number of nitrogens with one attached hydrogen (secondary N) is 1. The van der Waals surface area contributed by atoms with Gasteiger partial charge in [0.05, 0.1) is 0 Å². The molecule has 0 amide bonds. The van der Waals surface area contributed by atoms with Gasteiger partial charge < -0.3 is 5.32 Å². The minimum Gasteiger partial charge on any atom is -0.313 e. The number of benzene rings is 1. The Bertz CT molecular complexity index is 397. The zero-order valence-corrected chi connectivity index (χ0v) is 12.8. The maximum Gasteiger partial charge on any atom is 0.0136 e. The van der Waals surface area contributed by atoms with E-state index in [1.54, 1.807) is 5.56 Å². The molecule has 0 saturated heterocycles. The fourth-order valence-corrected chi connectivity index (χ4v) is 3.43. The van der Waals surface area contributed by atoms with E-state index >= 15 is 0 Å². The number of rotatable bonds is 4. The van der Waals surface area contributed by atoms with Crippen molar-refractivity contribution >= 4 is 0 Å². The van der Waals surface area contributed by atoms with Gasteiger partial charge in [-0.2, -0.15) is 0 Å². The lowest BCUT2D eigenvalue weighted by Gasteiger charge is -2.28. The van der Waals surface area contributed by atoms with E-state index < -0.39 is 0 Å². The van der Waals surface area contributed by atoms with E-state index in [4.69, 9.17) is 0 Å². The van der Waals surface area contributed by atoms with E-state index in [2.05, 4.69) is 44.3 Å². The Labute approximate surface area is 118 Å². The molecule has 2 unspecified atom stereocenters. The summed E-state index contributed by atoms with van der Waals surface area (Å²) in [7, 11) is 0. The summed E-state index contributed by atoms with van der Waals surface area (Å²) >= 11 is 0. The highest BCUT2D eigenvalue weighted by molar-refractivity contribution is 5.36. The van der Waals surface area contributed by atoms with Crippen molar-refractivity contribution in [1.82, 2.24) is 5.32 Å². The van der Waals surface area contributed by atoms with Crippen molar-refractivity contribution in [1.29, 1.82) is 0 Å². The third kappa shape index (κ3) is 3.60. The van der Waals surface area contributed by atoms with E-state index in [0.29, 0.717) is 12.0 Å². The molecule has 0 spiro atoms. The molecule has 2 atom stereocenters. The molecule has 1 aromatic rings. The van der Waals surface area contributed by atoms with Crippen LogP contribution in [0.1, 0.15) is 68.1 Å². The minimum absolute atomic E-state index is 0.683. The average Bonchev–Trinajstić information content (AvgIpc) is 2.65. The molecule has 1 saturated carbocycles. The first kappa shape index (κ1) is 14.6. The van der Waals surface area contributed by atoms with Gasteiger partial charge in [-0.15, -0.1) is 0 Å². The second-order valence-electron chi connectivity index (χ2n) is 6.09. The number of aryl methyl sites for hydroxylation is 1. The Morgan fingerprint density at radius 1 is 1.11 bits per heavy atom. The second-order valence-corrected chi connectivity index (χ2v) is 6.09. The maximum absolute atomic E-state index is 3.81. The molecule has 0 aliphatic heterocycles. The van der Waals surface area contributed by atoms with E-state index in [-0.39, 0.29) is 0 Å². The largest absolute Gasteiger partial charge is 0.313 e. The summed E-state index contributed by atoms with van der Waals surface area (Å²) in [6, 6.07) is 7.52. The summed E-state index contributed by atoms with van der Waals surface area (Å²) in [6.45, 7) is 7.96. The van der Waals surface area contributed by atoms with Crippen LogP contribution in [-0.2, 0) is 0 Å². The quantitative estimate of drug-likeness (QED) is 0.772. The van der Waals surface area contributed by atoms with Gasteiger partial charge in [-0.1, -0.05) is 44.4 Å². The Balaban J connectivity index is 2.23. The first-order chi connectivity index (χ1) is 9.24. The van der Waals surface area contributed by atoms with Gasteiger partial charge in [0.1, 0.15) is 0 Å². The molecule has 1 aliphatic rings. The highest BCUT2D eigenvalue weighted by atomic mass is 14.9. The maximum atomic E-state index is 3.81.